The summed E-state index contributed by atoms with van der Waals surface area (Å²) in [7, 11) is 0. The number of rotatable bonds is 4. The van der Waals surface area contributed by atoms with Crippen LogP contribution in [0.15, 0.2) is 48.8 Å². The Morgan fingerprint density at radius 1 is 1.12 bits per heavy atom. The molecule has 3 nitrogen and oxygen atoms in total. The van der Waals surface area contributed by atoms with Crippen LogP contribution in [0, 0.1) is 13.0 Å². The van der Waals surface area contributed by atoms with Gasteiger partial charge >= 0.3 is 6.33 Å². The van der Waals surface area contributed by atoms with Gasteiger partial charge in [-0.05, 0) is 38.8 Å². The highest BCUT2D eigenvalue weighted by Crippen LogP contribution is 2.26. The molecule has 2 aromatic heterocycles. The van der Waals surface area contributed by atoms with Crippen LogP contribution in [-0.2, 0) is 0 Å². The van der Waals surface area contributed by atoms with E-state index in [4.69, 9.17) is 0 Å². The second kappa shape index (κ2) is 6.47. The van der Waals surface area contributed by atoms with E-state index in [1.165, 1.54) is 49.0 Å². The van der Waals surface area contributed by atoms with Crippen molar-refractivity contribution in [2.24, 2.45) is 0 Å². The molecular weight excluding hydrogens is 306 g/mol. The molecule has 1 aromatic carbocycles. The topological polar surface area (TPSA) is 11.0 Å². The van der Waals surface area contributed by atoms with Gasteiger partial charge in [0.1, 0.15) is 29.2 Å². The minimum absolute atomic E-state index is 0.659. The molecule has 0 spiro atoms. The maximum Gasteiger partial charge on any atom is 0.302 e. The lowest BCUT2D eigenvalue weighted by molar-refractivity contribution is -0.771. The van der Waals surface area contributed by atoms with Crippen LogP contribution in [0.25, 0.3) is 5.52 Å². The van der Waals surface area contributed by atoms with Gasteiger partial charge in [0.25, 0.3) is 0 Å². The van der Waals surface area contributed by atoms with Crippen LogP contribution in [-0.4, -0.2) is 11.3 Å². The molecule has 130 valence electrons. The van der Waals surface area contributed by atoms with E-state index in [9.17, 15) is 0 Å². The number of fused-ring (bicyclic) bond motifs is 1. The van der Waals surface area contributed by atoms with Crippen molar-refractivity contribution >= 4 is 17.9 Å². The first-order valence-electron chi connectivity index (χ1n) is 9.35. The maximum atomic E-state index is 4.27. The number of para-hydroxylation sites is 1. The van der Waals surface area contributed by atoms with E-state index in [0.717, 1.165) is 11.7 Å². The lowest BCUT2D eigenvalue weighted by Gasteiger charge is -2.18. The number of hydrogen-bond acceptors (Lipinski definition) is 0. The quantitative estimate of drug-likeness (QED) is 0.390. The largest absolute Gasteiger partial charge is 0.302 e. The lowest BCUT2D eigenvalue weighted by atomic mass is 9.95. The van der Waals surface area contributed by atoms with Crippen LogP contribution >= 0.6 is 0 Å². The SMILES string of the molecule is C=[N+](c1ccccc1)[C-](C)c1cc[c-]2[c-](C)[n+](C3CCCCC3)c[n+]12. The zero-order valence-electron chi connectivity index (χ0n) is 15.3. The molecule has 1 aliphatic rings. The zero-order chi connectivity index (χ0) is 17.4. The minimum Gasteiger partial charge on any atom is -0.295 e. The predicted molar refractivity (Wildman–Crippen MR) is 99.3 cm³/mol. The highest BCUT2D eigenvalue weighted by Gasteiger charge is 2.26. The second-order valence-electron chi connectivity index (χ2n) is 7.22. The maximum absolute atomic E-state index is 4.27. The van der Waals surface area contributed by atoms with E-state index >= 15 is 0 Å². The summed E-state index contributed by atoms with van der Waals surface area (Å²) in [6.45, 7) is 8.67. The average Bonchev–Trinajstić information content (AvgIpc) is 3.22. The Bertz CT molecular complexity index is 879. The van der Waals surface area contributed by atoms with Crippen LogP contribution in [0.3, 0.4) is 0 Å². The summed E-state index contributed by atoms with van der Waals surface area (Å²) in [5.41, 5.74) is 5.01. The van der Waals surface area contributed by atoms with E-state index in [1.54, 1.807) is 0 Å². The van der Waals surface area contributed by atoms with Gasteiger partial charge in [0.2, 0.25) is 0 Å². The first-order chi connectivity index (χ1) is 12.2. The first-order valence-corrected chi connectivity index (χ1v) is 9.35. The Hall–Kier alpha value is -2.42. The van der Waals surface area contributed by atoms with E-state index < -0.39 is 0 Å². The summed E-state index contributed by atoms with van der Waals surface area (Å²) in [5, 5.41) is 0. The van der Waals surface area contributed by atoms with Crippen molar-refractivity contribution in [1.82, 2.24) is 0 Å². The molecule has 0 bridgehead atoms. The normalized spacial score (nSPS) is 15.6. The third-order valence-electron chi connectivity index (χ3n) is 5.73. The number of imidazole rings is 1. The Morgan fingerprint density at radius 3 is 2.56 bits per heavy atom. The highest BCUT2D eigenvalue weighted by molar-refractivity contribution is 5.45. The van der Waals surface area contributed by atoms with Gasteiger partial charge < -0.3 is 0 Å². The molecule has 0 saturated heterocycles. The molecule has 0 N–H and O–H groups in total. The monoisotopic (exact) mass is 333 g/mol. The summed E-state index contributed by atoms with van der Waals surface area (Å²) in [4.78, 5) is 0. The molecule has 1 saturated carbocycles. The average molecular weight is 333 g/mol. The van der Waals surface area contributed by atoms with Gasteiger partial charge in [-0.25, -0.2) is 0 Å². The van der Waals surface area contributed by atoms with E-state index in [-0.39, 0.29) is 0 Å². The Labute approximate surface area is 150 Å². The molecule has 0 radical (unpaired) electrons. The van der Waals surface area contributed by atoms with Crippen molar-refractivity contribution in [2.75, 3.05) is 0 Å². The third-order valence-corrected chi connectivity index (χ3v) is 5.73. The Balaban J connectivity index is 1.69. The lowest BCUT2D eigenvalue weighted by Crippen LogP contribution is -2.43. The van der Waals surface area contributed by atoms with Gasteiger partial charge in [-0.3, -0.25) is 13.5 Å². The Morgan fingerprint density at radius 2 is 1.84 bits per heavy atom. The molecule has 25 heavy (non-hydrogen) atoms. The standard InChI is InChI=1S/C22H27N3/c1-17(23(3)19-10-6-4-7-11-19)21-14-15-22-18(2)24(16-25(21)22)20-12-8-5-9-13-20/h4,6-7,10-11,14-16,20H,3,5,8-9,12-13H2,1-2H3. The number of nitrogens with zero attached hydrogens (tertiary/aromatic N) is 3. The number of hydrogen-bond donors (Lipinski definition) is 0. The van der Waals surface area contributed by atoms with E-state index in [1.807, 2.05) is 10.6 Å². The van der Waals surface area contributed by atoms with Gasteiger partial charge in [0.15, 0.2) is 0 Å². The van der Waals surface area contributed by atoms with Crippen molar-refractivity contribution in [2.45, 2.75) is 52.0 Å². The number of benzene rings is 1. The van der Waals surface area contributed by atoms with Gasteiger partial charge in [0, 0.05) is 12.8 Å². The van der Waals surface area contributed by atoms with Gasteiger partial charge in [-0.15, -0.1) is 0 Å². The first kappa shape index (κ1) is 16.1. The van der Waals surface area contributed by atoms with Crippen LogP contribution in [0.1, 0.15) is 56.5 Å². The van der Waals surface area contributed by atoms with Crippen molar-refractivity contribution in [1.29, 1.82) is 0 Å². The molecule has 4 rings (SSSR count). The van der Waals surface area contributed by atoms with Crippen molar-refractivity contribution in [3.63, 3.8) is 0 Å². The van der Waals surface area contributed by atoms with E-state index in [0.29, 0.717) is 6.04 Å². The molecular formula is C22H27N3. The molecule has 0 amide bonds. The molecule has 1 fully saturated rings. The van der Waals surface area contributed by atoms with Gasteiger partial charge in [-0.2, -0.15) is 12.1 Å². The van der Waals surface area contributed by atoms with Crippen LogP contribution in [0.2, 0.25) is 0 Å². The number of aromatic nitrogens is 2. The fraction of sp³-hybridized carbons (Fsp3) is 0.364. The zero-order valence-corrected chi connectivity index (χ0v) is 15.3. The van der Waals surface area contributed by atoms with Crippen molar-refractivity contribution in [3.8, 4) is 0 Å². The summed E-state index contributed by atoms with van der Waals surface area (Å²) in [6, 6.07) is 16.6. The molecule has 3 aromatic rings. The molecule has 3 heteroatoms. The van der Waals surface area contributed by atoms with Gasteiger partial charge in [-0.1, -0.05) is 24.6 Å². The summed E-state index contributed by atoms with van der Waals surface area (Å²) in [5.74, 6) is 0. The van der Waals surface area contributed by atoms with Crippen molar-refractivity contribution in [3.05, 3.63) is 66.2 Å². The van der Waals surface area contributed by atoms with Crippen LogP contribution in [0.4, 0.5) is 5.69 Å². The summed E-state index contributed by atoms with van der Waals surface area (Å²) < 4.78 is 6.86. The number of aryl methyl sites for hydroxylation is 1. The van der Waals surface area contributed by atoms with Crippen molar-refractivity contribution < 1.29 is 13.5 Å². The summed E-state index contributed by atoms with van der Waals surface area (Å²) in [6.07, 6.45) is 9.02. The fourth-order valence-electron chi connectivity index (χ4n) is 4.17. The minimum atomic E-state index is 0.659. The second-order valence-corrected chi connectivity index (χ2v) is 7.22. The van der Waals surface area contributed by atoms with E-state index in [2.05, 4.69) is 72.3 Å². The smallest absolute Gasteiger partial charge is 0.295 e. The molecule has 2 heterocycles. The third kappa shape index (κ3) is 2.78. The molecule has 0 aliphatic heterocycles. The summed E-state index contributed by atoms with van der Waals surface area (Å²) >= 11 is 0. The molecule has 0 unspecified atom stereocenters. The Kier molecular flexibility index (Phi) is 4.16. The van der Waals surface area contributed by atoms with Crippen LogP contribution < -0.4 is 8.97 Å². The highest BCUT2D eigenvalue weighted by atomic mass is 15.2. The molecule has 1 aliphatic carbocycles. The molecule has 0 atom stereocenters. The van der Waals surface area contributed by atoms with Crippen LogP contribution in [0.5, 0.6) is 0 Å². The fourth-order valence-corrected chi connectivity index (χ4v) is 4.17. The van der Waals surface area contributed by atoms with Gasteiger partial charge in [0.05, 0.1) is 12.2 Å². The predicted octanol–water partition coefficient (Wildman–Crippen LogP) is 3.91.